The van der Waals surface area contributed by atoms with Gasteiger partial charge in [0.15, 0.2) is 0 Å². The van der Waals surface area contributed by atoms with E-state index in [0.717, 1.165) is 27.4 Å². The predicted octanol–water partition coefficient (Wildman–Crippen LogP) is 3.93. The van der Waals surface area contributed by atoms with Crippen LogP contribution in [0.1, 0.15) is 33.3 Å². The van der Waals surface area contributed by atoms with Crippen molar-refractivity contribution in [1.82, 2.24) is 18.5 Å². The van der Waals surface area contributed by atoms with Gasteiger partial charge < -0.3 is 14.2 Å². The number of benzene rings is 1. The van der Waals surface area contributed by atoms with E-state index < -0.39 is 6.04 Å². The molecule has 154 valence electrons. The zero-order valence-electron chi connectivity index (χ0n) is 16.6. The molecular weight excluding hydrogens is 420 g/mol. The van der Waals surface area contributed by atoms with Crippen LogP contribution in [0.2, 0.25) is 5.02 Å². The van der Waals surface area contributed by atoms with Crippen molar-refractivity contribution in [3.63, 3.8) is 0 Å². The molecule has 3 heterocycles. The quantitative estimate of drug-likeness (QED) is 0.493. The van der Waals surface area contributed by atoms with Crippen LogP contribution >= 0.6 is 23.1 Å². The minimum Gasteiger partial charge on any atom is -0.394 e. The maximum Gasteiger partial charge on any atom is 0.254 e. The van der Waals surface area contributed by atoms with Gasteiger partial charge in [-0.2, -0.15) is 0 Å². The highest BCUT2D eigenvalue weighted by molar-refractivity contribution is 7.05. The van der Waals surface area contributed by atoms with Crippen LogP contribution in [0.25, 0.3) is 5.69 Å². The van der Waals surface area contributed by atoms with Gasteiger partial charge in [0, 0.05) is 36.3 Å². The third-order valence-corrected chi connectivity index (χ3v) is 6.08. The SMILES string of the molecule is Cc1cn(-c2ccc(Cc3cc(Cl)cn([C@@H](CO)c4ccns4)c3=O)cc2C)cn1. The Kier molecular flexibility index (Phi) is 5.85. The van der Waals surface area contributed by atoms with Crippen molar-refractivity contribution in [1.29, 1.82) is 0 Å². The van der Waals surface area contributed by atoms with Crippen molar-refractivity contribution in [3.05, 3.63) is 97.9 Å². The lowest BCUT2D eigenvalue weighted by Gasteiger charge is -2.17. The van der Waals surface area contributed by atoms with Gasteiger partial charge in [-0.25, -0.2) is 9.36 Å². The number of hydrogen-bond acceptors (Lipinski definition) is 5. The minimum atomic E-state index is -0.504. The van der Waals surface area contributed by atoms with Crippen LogP contribution in [0.4, 0.5) is 0 Å². The number of imidazole rings is 1. The van der Waals surface area contributed by atoms with Crippen molar-refractivity contribution >= 4 is 23.1 Å². The Morgan fingerprint density at radius 2 is 2.03 bits per heavy atom. The first-order valence-electron chi connectivity index (χ1n) is 9.48. The van der Waals surface area contributed by atoms with Crippen molar-refractivity contribution in [2.45, 2.75) is 26.3 Å². The third kappa shape index (κ3) is 4.09. The molecule has 1 N–H and O–H groups in total. The molecule has 30 heavy (non-hydrogen) atoms. The normalized spacial score (nSPS) is 12.3. The van der Waals surface area contributed by atoms with E-state index >= 15 is 0 Å². The van der Waals surface area contributed by atoms with Gasteiger partial charge in [-0.3, -0.25) is 4.79 Å². The second-order valence-electron chi connectivity index (χ2n) is 7.23. The zero-order chi connectivity index (χ0) is 21.3. The molecule has 0 radical (unpaired) electrons. The zero-order valence-corrected chi connectivity index (χ0v) is 18.2. The number of aryl methyl sites for hydroxylation is 2. The van der Waals surface area contributed by atoms with Gasteiger partial charge >= 0.3 is 0 Å². The van der Waals surface area contributed by atoms with E-state index in [-0.39, 0.29) is 12.2 Å². The van der Waals surface area contributed by atoms with E-state index in [1.165, 1.54) is 16.1 Å². The lowest BCUT2D eigenvalue weighted by Crippen LogP contribution is -2.29. The van der Waals surface area contributed by atoms with Gasteiger partial charge in [0.1, 0.15) is 0 Å². The molecule has 8 heteroatoms. The van der Waals surface area contributed by atoms with E-state index in [2.05, 4.69) is 15.4 Å². The summed E-state index contributed by atoms with van der Waals surface area (Å²) in [4.78, 5) is 18.3. The van der Waals surface area contributed by atoms with Gasteiger partial charge in [-0.1, -0.05) is 23.7 Å². The Labute approximate surface area is 183 Å². The number of aliphatic hydroxyl groups excluding tert-OH is 1. The van der Waals surface area contributed by atoms with Crippen LogP contribution in [0.15, 0.2) is 60.0 Å². The predicted molar refractivity (Wildman–Crippen MR) is 119 cm³/mol. The monoisotopic (exact) mass is 440 g/mol. The molecule has 4 rings (SSSR count). The summed E-state index contributed by atoms with van der Waals surface area (Å²) in [5.41, 5.74) is 4.52. The summed E-state index contributed by atoms with van der Waals surface area (Å²) >= 11 is 7.58. The van der Waals surface area contributed by atoms with Crippen LogP contribution in [0.5, 0.6) is 0 Å². The van der Waals surface area contributed by atoms with Gasteiger partial charge in [0.2, 0.25) is 0 Å². The molecule has 0 aliphatic carbocycles. The Hall–Kier alpha value is -2.74. The van der Waals surface area contributed by atoms with E-state index in [1.54, 1.807) is 30.9 Å². The average molecular weight is 441 g/mol. The molecule has 0 aliphatic heterocycles. The second-order valence-corrected chi connectivity index (χ2v) is 8.53. The van der Waals surface area contributed by atoms with Crippen molar-refractivity contribution < 1.29 is 5.11 Å². The number of rotatable bonds is 6. The number of pyridine rings is 1. The molecule has 1 aromatic carbocycles. The van der Waals surface area contributed by atoms with E-state index in [0.29, 0.717) is 17.0 Å². The molecule has 1 atom stereocenters. The molecule has 4 aromatic rings. The first-order valence-corrected chi connectivity index (χ1v) is 10.6. The maximum absolute atomic E-state index is 13.2. The van der Waals surface area contributed by atoms with Gasteiger partial charge in [-0.15, -0.1) is 0 Å². The molecule has 0 unspecified atom stereocenters. The highest BCUT2D eigenvalue weighted by Gasteiger charge is 2.18. The number of nitrogens with zero attached hydrogens (tertiary/aromatic N) is 4. The molecule has 0 saturated heterocycles. The first kappa shape index (κ1) is 20.5. The molecule has 6 nitrogen and oxygen atoms in total. The Morgan fingerprint density at radius 1 is 1.20 bits per heavy atom. The summed E-state index contributed by atoms with van der Waals surface area (Å²) < 4.78 is 7.57. The summed E-state index contributed by atoms with van der Waals surface area (Å²) in [6.45, 7) is 3.78. The van der Waals surface area contributed by atoms with E-state index in [1.807, 2.05) is 36.7 Å². The number of aliphatic hydroxyl groups is 1. The topological polar surface area (TPSA) is 72.9 Å². The fourth-order valence-corrected chi connectivity index (χ4v) is 4.50. The fraction of sp³-hybridized carbons (Fsp3) is 0.227. The Bertz CT molecular complexity index is 1230. The molecular formula is C22H21ClN4O2S. The molecule has 0 aliphatic rings. The van der Waals surface area contributed by atoms with Crippen LogP contribution in [-0.4, -0.2) is 30.2 Å². The largest absolute Gasteiger partial charge is 0.394 e. The molecule has 3 aromatic heterocycles. The summed E-state index contributed by atoms with van der Waals surface area (Å²) in [6.07, 6.45) is 7.45. The average Bonchev–Trinajstić information content (AvgIpc) is 3.38. The van der Waals surface area contributed by atoms with Gasteiger partial charge in [-0.05, 0) is 54.7 Å². The Morgan fingerprint density at radius 3 is 2.67 bits per heavy atom. The molecule has 0 amide bonds. The van der Waals surface area contributed by atoms with E-state index in [4.69, 9.17) is 11.6 Å². The first-order chi connectivity index (χ1) is 14.5. The van der Waals surface area contributed by atoms with Crippen LogP contribution in [-0.2, 0) is 6.42 Å². The van der Waals surface area contributed by atoms with Crippen LogP contribution < -0.4 is 5.56 Å². The van der Waals surface area contributed by atoms with Crippen molar-refractivity contribution in [2.24, 2.45) is 0 Å². The lowest BCUT2D eigenvalue weighted by molar-refractivity contribution is 0.248. The van der Waals surface area contributed by atoms with Crippen LogP contribution in [0, 0.1) is 13.8 Å². The van der Waals surface area contributed by atoms with Crippen LogP contribution in [0.3, 0.4) is 0 Å². The summed E-state index contributed by atoms with van der Waals surface area (Å²) in [6, 6.07) is 9.11. The van der Waals surface area contributed by atoms with Gasteiger partial charge in [0.05, 0.1) is 34.6 Å². The summed E-state index contributed by atoms with van der Waals surface area (Å²) in [5, 5.41) is 10.3. The molecule has 0 saturated carbocycles. The van der Waals surface area contributed by atoms with Gasteiger partial charge in [0.25, 0.3) is 5.56 Å². The van der Waals surface area contributed by atoms with E-state index in [9.17, 15) is 9.90 Å². The third-order valence-electron chi connectivity index (χ3n) is 5.02. The lowest BCUT2D eigenvalue weighted by atomic mass is 10.0. The fourth-order valence-electron chi connectivity index (χ4n) is 3.58. The number of aromatic nitrogens is 4. The molecule has 0 fully saturated rings. The second kappa shape index (κ2) is 8.55. The summed E-state index contributed by atoms with van der Waals surface area (Å²) in [7, 11) is 0. The number of halogens is 1. The smallest absolute Gasteiger partial charge is 0.254 e. The molecule has 0 spiro atoms. The minimum absolute atomic E-state index is 0.168. The van der Waals surface area contributed by atoms with Crippen molar-refractivity contribution in [2.75, 3.05) is 6.61 Å². The van der Waals surface area contributed by atoms with Crippen molar-refractivity contribution in [3.8, 4) is 5.69 Å². The summed E-state index contributed by atoms with van der Waals surface area (Å²) in [5.74, 6) is 0. The number of hydrogen-bond donors (Lipinski definition) is 1. The standard InChI is InChI=1S/C22H21ClN4O2S/c1-14-7-16(3-4-19(14)26-10-15(2)24-13-26)8-17-9-18(23)11-27(22(17)29)20(12-28)21-5-6-25-30-21/h3-7,9-11,13,20,28H,8,12H2,1-2H3/t20-/m0/s1. The Balaban J connectivity index is 1.68. The highest BCUT2D eigenvalue weighted by atomic mass is 35.5. The highest BCUT2D eigenvalue weighted by Crippen LogP contribution is 2.23. The maximum atomic E-state index is 13.2. The molecule has 0 bridgehead atoms.